The van der Waals surface area contributed by atoms with Crippen molar-refractivity contribution in [2.75, 3.05) is 7.11 Å². The highest BCUT2D eigenvalue weighted by Gasteiger charge is 2.16. The van der Waals surface area contributed by atoms with Gasteiger partial charge >= 0.3 is 11.9 Å². The molecule has 0 heterocycles. The minimum absolute atomic E-state index is 0.0391. The molecule has 0 aliphatic carbocycles. The van der Waals surface area contributed by atoms with Crippen LogP contribution in [-0.2, 0) is 4.79 Å². The van der Waals surface area contributed by atoms with Gasteiger partial charge in [0.15, 0.2) is 17.6 Å². The van der Waals surface area contributed by atoms with Crippen molar-refractivity contribution in [3.8, 4) is 11.5 Å². The number of hydrogen-bond acceptors (Lipinski definition) is 4. The van der Waals surface area contributed by atoms with E-state index in [0.717, 1.165) is 0 Å². The topological polar surface area (TPSA) is 93.1 Å². The molecule has 0 aliphatic heterocycles. The average molecular weight is 240 g/mol. The molecule has 0 radical (unpaired) electrons. The summed E-state index contributed by atoms with van der Waals surface area (Å²) in [5, 5.41) is 17.5. The van der Waals surface area contributed by atoms with Crippen LogP contribution in [0.15, 0.2) is 18.2 Å². The number of aliphatic carboxylic acids is 1. The first kappa shape index (κ1) is 12.8. The van der Waals surface area contributed by atoms with E-state index in [1.54, 1.807) is 0 Å². The second kappa shape index (κ2) is 5.20. The molecular weight excluding hydrogens is 228 g/mol. The van der Waals surface area contributed by atoms with Gasteiger partial charge in [-0.15, -0.1) is 0 Å². The highest BCUT2D eigenvalue weighted by Crippen LogP contribution is 2.28. The van der Waals surface area contributed by atoms with Crippen LogP contribution in [-0.4, -0.2) is 35.4 Å². The Hall–Kier alpha value is -2.24. The SMILES string of the molecule is COc1cc(C(=O)O)ccc1OC(C)C(=O)O. The summed E-state index contributed by atoms with van der Waals surface area (Å²) in [7, 11) is 1.35. The van der Waals surface area contributed by atoms with E-state index in [2.05, 4.69) is 0 Å². The summed E-state index contributed by atoms with van der Waals surface area (Å²) in [6, 6.07) is 3.95. The molecule has 1 aromatic rings. The molecule has 0 bridgehead atoms. The lowest BCUT2D eigenvalue weighted by atomic mass is 10.2. The number of methoxy groups -OCH3 is 1. The molecule has 1 unspecified atom stereocenters. The Morgan fingerprint density at radius 1 is 1.24 bits per heavy atom. The summed E-state index contributed by atoms with van der Waals surface area (Å²) in [4.78, 5) is 21.3. The van der Waals surface area contributed by atoms with Gasteiger partial charge in [0.25, 0.3) is 0 Å². The number of benzene rings is 1. The lowest BCUT2D eigenvalue weighted by molar-refractivity contribution is -0.144. The van der Waals surface area contributed by atoms with E-state index < -0.39 is 18.0 Å². The Balaban J connectivity index is 3.00. The Bertz CT molecular complexity index is 440. The largest absolute Gasteiger partial charge is 0.493 e. The second-order valence-corrected chi connectivity index (χ2v) is 3.27. The summed E-state index contributed by atoms with van der Waals surface area (Å²) < 4.78 is 10.1. The maximum absolute atomic E-state index is 10.7. The molecule has 1 atom stereocenters. The van der Waals surface area contributed by atoms with Gasteiger partial charge in [0.2, 0.25) is 0 Å². The summed E-state index contributed by atoms with van der Waals surface area (Å²) in [5.74, 6) is -1.85. The molecule has 92 valence electrons. The third-order valence-corrected chi connectivity index (χ3v) is 2.06. The van der Waals surface area contributed by atoms with Crippen molar-refractivity contribution in [1.29, 1.82) is 0 Å². The zero-order chi connectivity index (χ0) is 13.0. The number of carbonyl (C=O) groups is 2. The Labute approximate surface area is 97.4 Å². The first-order valence-corrected chi connectivity index (χ1v) is 4.76. The van der Waals surface area contributed by atoms with Crippen molar-refractivity contribution in [1.82, 2.24) is 0 Å². The van der Waals surface area contributed by atoms with Gasteiger partial charge in [-0.25, -0.2) is 9.59 Å². The fourth-order valence-electron chi connectivity index (χ4n) is 1.14. The van der Waals surface area contributed by atoms with E-state index in [1.807, 2.05) is 0 Å². The van der Waals surface area contributed by atoms with Gasteiger partial charge < -0.3 is 19.7 Å². The monoisotopic (exact) mass is 240 g/mol. The van der Waals surface area contributed by atoms with Gasteiger partial charge in [0.05, 0.1) is 12.7 Å². The third kappa shape index (κ3) is 3.10. The molecule has 0 aromatic heterocycles. The maximum atomic E-state index is 10.7. The van der Waals surface area contributed by atoms with Crippen LogP contribution < -0.4 is 9.47 Å². The van der Waals surface area contributed by atoms with Crippen molar-refractivity contribution < 1.29 is 29.3 Å². The van der Waals surface area contributed by atoms with E-state index >= 15 is 0 Å². The zero-order valence-corrected chi connectivity index (χ0v) is 9.34. The lowest BCUT2D eigenvalue weighted by Gasteiger charge is -2.13. The lowest BCUT2D eigenvalue weighted by Crippen LogP contribution is -2.23. The van der Waals surface area contributed by atoms with Crippen LogP contribution in [0.3, 0.4) is 0 Å². The molecule has 0 fully saturated rings. The Kier molecular flexibility index (Phi) is 3.92. The highest BCUT2D eigenvalue weighted by molar-refractivity contribution is 5.88. The van der Waals surface area contributed by atoms with Crippen LogP contribution in [0.4, 0.5) is 0 Å². The molecule has 6 nitrogen and oxygen atoms in total. The van der Waals surface area contributed by atoms with E-state index in [0.29, 0.717) is 0 Å². The summed E-state index contributed by atoms with van der Waals surface area (Å²) in [6.07, 6.45) is -1.04. The Morgan fingerprint density at radius 2 is 1.88 bits per heavy atom. The minimum atomic E-state index is -1.12. The molecule has 6 heteroatoms. The number of carboxylic acids is 2. The molecule has 0 saturated heterocycles. The van der Waals surface area contributed by atoms with Gasteiger partial charge in [-0.05, 0) is 25.1 Å². The molecule has 1 aromatic carbocycles. The first-order valence-electron chi connectivity index (χ1n) is 4.76. The van der Waals surface area contributed by atoms with E-state index in [1.165, 1.54) is 32.2 Å². The number of ether oxygens (including phenoxy) is 2. The van der Waals surface area contributed by atoms with Gasteiger partial charge in [-0.2, -0.15) is 0 Å². The second-order valence-electron chi connectivity index (χ2n) is 3.27. The summed E-state index contributed by atoms with van der Waals surface area (Å²) in [5.41, 5.74) is 0.0391. The van der Waals surface area contributed by atoms with Gasteiger partial charge in [0, 0.05) is 0 Å². The normalized spacial score (nSPS) is 11.6. The molecule has 0 amide bonds. The van der Waals surface area contributed by atoms with Gasteiger partial charge in [0.1, 0.15) is 0 Å². The fraction of sp³-hybridized carbons (Fsp3) is 0.273. The van der Waals surface area contributed by atoms with Crippen molar-refractivity contribution in [2.24, 2.45) is 0 Å². The fourth-order valence-corrected chi connectivity index (χ4v) is 1.14. The van der Waals surface area contributed by atoms with E-state index in [-0.39, 0.29) is 17.1 Å². The molecule has 1 rings (SSSR count). The van der Waals surface area contributed by atoms with E-state index in [4.69, 9.17) is 19.7 Å². The zero-order valence-electron chi connectivity index (χ0n) is 9.34. The maximum Gasteiger partial charge on any atom is 0.344 e. The number of hydrogen-bond donors (Lipinski definition) is 2. The Morgan fingerprint density at radius 3 is 2.35 bits per heavy atom. The molecule has 0 saturated carbocycles. The number of rotatable bonds is 5. The molecular formula is C11H12O6. The number of aromatic carboxylic acids is 1. The summed E-state index contributed by atoms with van der Waals surface area (Å²) >= 11 is 0. The smallest absolute Gasteiger partial charge is 0.344 e. The third-order valence-electron chi connectivity index (χ3n) is 2.06. The molecule has 0 aliphatic rings. The van der Waals surface area contributed by atoms with Gasteiger partial charge in [-0.3, -0.25) is 0 Å². The van der Waals surface area contributed by atoms with Crippen LogP contribution in [0.2, 0.25) is 0 Å². The van der Waals surface area contributed by atoms with Crippen LogP contribution >= 0.6 is 0 Å². The molecule has 2 N–H and O–H groups in total. The van der Waals surface area contributed by atoms with Gasteiger partial charge in [-0.1, -0.05) is 0 Å². The standard InChI is InChI=1S/C11H12O6/c1-6(10(12)13)17-8-4-3-7(11(14)15)5-9(8)16-2/h3-6H,1-2H3,(H,12,13)(H,14,15). The summed E-state index contributed by atoms with van der Waals surface area (Å²) in [6.45, 7) is 1.37. The van der Waals surface area contributed by atoms with Crippen molar-refractivity contribution in [3.63, 3.8) is 0 Å². The predicted molar refractivity (Wildman–Crippen MR) is 57.7 cm³/mol. The molecule has 0 spiro atoms. The predicted octanol–water partition coefficient (Wildman–Crippen LogP) is 1.25. The van der Waals surface area contributed by atoms with Crippen LogP contribution in [0.25, 0.3) is 0 Å². The van der Waals surface area contributed by atoms with Crippen molar-refractivity contribution in [3.05, 3.63) is 23.8 Å². The number of carboxylic acid groups (broad SMARTS) is 2. The minimum Gasteiger partial charge on any atom is -0.493 e. The molecule has 17 heavy (non-hydrogen) atoms. The van der Waals surface area contributed by atoms with Crippen molar-refractivity contribution >= 4 is 11.9 Å². The van der Waals surface area contributed by atoms with Crippen LogP contribution in [0.1, 0.15) is 17.3 Å². The van der Waals surface area contributed by atoms with Crippen molar-refractivity contribution in [2.45, 2.75) is 13.0 Å². The van der Waals surface area contributed by atoms with Crippen LogP contribution in [0, 0.1) is 0 Å². The first-order chi connectivity index (χ1) is 7.95. The van der Waals surface area contributed by atoms with E-state index in [9.17, 15) is 9.59 Å². The van der Waals surface area contributed by atoms with Crippen LogP contribution in [0.5, 0.6) is 11.5 Å². The average Bonchev–Trinajstić information content (AvgIpc) is 2.28. The quantitative estimate of drug-likeness (QED) is 0.804. The highest BCUT2D eigenvalue weighted by atomic mass is 16.5.